The van der Waals surface area contributed by atoms with Gasteiger partial charge in [0.1, 0.15) is 0 Å². The summed E-state index contributed by atoms with van der Waals surface area (Å²) in [7, 11) is 0. The van der Waals surface area contributed by atoms with Gasteiger partial charge in [0.15, 0.2) is 5.60 Å². The lowest BCUT2D eigenvalue weighted by Crippen LogP contribution is -2.40. The number of rotatable bonds is 6. The minimum absolute atomic E-state index is 0.0383. The maximum atomic E-state index is 13.9. The standard InChI is InChI=1S/C17H19F2NO4/c18-17(19)13-6-3-9-24-16(13,17)10-20-14(21)8-7-11-4-1-2-5-12(11)15(22)23/h1-2,4-5,13H,3,6-10H2,(H,20,21)(H,22,23)/t13-,16+/m1/s1. The number of carbonyl (C=O) groups is 2. The largest absolute Gasteiger partial charge is 0.478 e. The second-order valence-electron chi connectivity index (χ2n) is 6.29. The fraction of sp³-hybridized carbons (Fsp3) is 0.529. The zero-order valence-corrected chi connectivity index (χ0v) is 13.1. The molecule has 2 aliphatic rings. The number of ether oxygens (including phenoxy) is 1. The van der Waals surface area contributed by atoms with Gasteiger partial charge >= 0.3 is 5.97 Å². The molecule has 0 spiro atoms. The molecular formula is C17H19F2NO4. The molecule has 130 valence electrons. The van der Waals surface area contributed by atoms with Crippen LogP contribution in [0.3, 0.4) is 0 Å². The highest BCUT2D eigenvalue weighted by Crippen LogP contribution is 2.64. The molecule has 0 bridgehead atoms. The topological polar surface area (TPSA) is 75.6 Å². The van der Waals surface area contributed by atoms with Gasteiger partial charge in [0.05, 0.1) is 18.0 Å². The second-order valence-corrected chi connectivity index (χ2v) is 6.29. The van der Waals surface area contributed by atoms with E-state index >= 15 is 0 Å². The fourth-order valence-electron chi connectivity index (χ4n) is 3.47. The predicted octanol–water partition coefficient (Wildman–Crippen LogP) is 2.25. The Balaban J connectivity index is 1.53. The van der Waals surface area contributed by atoms with Crippen molar-refractivity contribution in [3.8, 4) is 0 Å². The number of aromatic carboxylic acids is 1. The van der Waals surface area contributed by atoms with Gasteiger partial charge in [-0.25, -0.2) is 13.6 Å². The number of carbonyl (C=O) groups excluding carboxylic acids is 1. The maximum Gasteiger partial charge on any atom is 0.335 e. The van der Waals surface area contributed by atoms with E-state index in [1.165, 1.54) is 6.07 Å². The molecule has 2 N–H and O–H groups in total. The normalized spacial score (nSPS) is 27.2. The molecule has 0 aromatic heterocycles. The Morgan fingerprint density at radius 2 is 2.08 bits per heavy atom. The lowest BCUT2D eigenvalue weighted by molar-refractivity contribution is -0.123. The molecule has 0 unspecified atom stereocenters. The van der Waals surface area contributed by atoms with Crippen LogP contribution in [0.5, 0.6) is 0 Å². The van der Waals surface area contributed by atoms with Gasteiger partial charge < -0.3 is 15.2 Å². The number of hydrogen-bond donors (Lipinski definition) is 2. The van der Waals surface area contributed by atoms with Gasteiger partial charge in [-0.05, 0) is 30.9 Å². The third kappa shape index (κ3) is 2.77. The van der Waals surface area contributed by atoms with E-state index in [0.717, 1.165) is 0 Å². The average molecular weight is 339 g/mol. The molecule has 2 atom stereocenters. The Hall–Kier alpha value is -2.02. The van der Waals surface area contributed by atoms with E-state index in [9.17, 15) is 18.4 Å². The fourth-order valence-corrected chi connectivity index (χ4v) is 3.47. The van der Waals surface area contributed by atoms with Crippen molar-refractivity contribution in [1.82, 2.24) is 5.32 Å². The number of hydrogen-bond acceptors (Lipinski definition) is 3. The van der Waals surface area contributed by atoms with Crippen LogP contribution in [0.1, 0.15) is 35.2 Å². The van der Waals surface area contributed by atoms with Crippen LogP contribution in [0.2, 0.25) is 0 Å². The summed E-state index contributed by atoms with van der Waals surface area (Å²) in [5.74, 6) is -5.14. The summed E-state index contributed by atoms with van der Waals surface area (Å²) in [6.07, 6.45) is 1.30. The summed E-state index contributed by atoms with van der Waals surface area (Å²) < 4.78 is 33.0. The van der Waals surface area contributed by atoms with Gasteiger partial charge in [-0.15, -0.1) is 0 Å². The number of fused-ring (bicyclic) bond motifs is 1. The summed E-state index contributed by atoms with van der Waals surface area (Å²) in [5, 5.41) is 11.6. The van der Waals surface area contributed by atoms with Crippen molar-refractivity contribution in [1.29, 1.82) is 0 Å². The molecule has 5 nitrogen and oxygen atoms in total. The SMILES string of the molecule is O=C(CCc1ccccc1C(=O)O)NC[C@]12OCCC[C@H]1C2(F)F. The zero-order valence-electron chi connectivity index (χ0n) is 13.1. The highest BCUT2D eigenvalue weighted by Gasteiger charge is 2.82. The van der Waals surface area contributed by atoms with Gasteiger partial charge in [0, 0.05) is 13.0 Å². The lowest BCUT2D eigenvalue weighted by Gasteiger charge is -2.21. The molecule has 1 saturated heterocycles. The van der Waals surface area contributed by atoms with Crippen LogP contribution < -0.4 is 5.32 Å². The molecule has 1 amide bonds. The molecule has 24 heavy (non-hydrogen) atoms. The van der Waals surface area contributed by atoms with Crippen molar-refractivity contribution in [3.63, 3.8) is 0 Å². The van der Waals surface area contributed by atoms with E-state index in [-0.39, 0.29) is 37.5 Å². The minimum Gasteiger partial charge on any atom is -0.478 e. The Labute approximate surface area is 138 Å². The summed E-state index contributed by atoms with van der Waals surface area (Å²) in [6.45, 7) is 0.0814. The second kappa shape index (κ2) is 6.12. The summed E-state index contributed by atoms with van der Waals surface area (Å²) >= 11 is 0. The highest BCUT2D eigenvalue weighted by molar-refractivity contribution is 5.89. The number of carboxylic acid groups (broad SMARTS) is 1. The van der Waals surface area contributed by atoms with Crippen LogP contribution in [0.25, 0.3) is 0 Å². The number of halogens is 2. The molecule has 3 rings (SSSR count). The van der Waals surface area contributed by atoms with Crippen molar-refractivity contribution in [3.05, 3.63) is 35.4 Å². The van der Waals surface area contributed by atoms with Crippen LogP contribution in [0.15, 0.2) is 24.3 Å². The molecular weight excluding hydrogens is 320 g/mol. The van der Waals surface area contributed by atoms with Crippen molar-refractivity contribution >= 4 is 11.9 Å². The van der Waals surface area contributed by atoms with Crippen molar-refractivity contribution in [2.45, 2.75) is 37.2 Å². The van der Waals surface area contributed by atoms with Crippen LogP contribution in [0, 0.1) is 5.92 Å². The van der Waals surface area contributed by atoms with E-state index < -0.39 is 23.4 Å². The van der Waals surface area contributed by atoms with Gasteiger partial charge in [0.2, 0.25) is 5.91 Å². The van der Waals surface area contributed by atoms with Crippen molar-refractivity contribution in [2.75, 3.05) is 13.2 Å². The molecule has 2 fully saturated rings. The number of carboxylic acids is 1. The zero-order chi connectivity index (χ0) is 17.4. The first-order valence-electron chi connectivity index (χ1n) is 7.98. The van der Waals surface area contributed by atoms with E-state index in [1.807, 2.05) is 0 Å². The Morgan fingerprint density at radius 1 is 1.33 bits per heavy atom. The Kier molecular flexibility index (Phi) is 4.29. The van der Waals surface area contributed by atoms with Gasteiger partial charge in [-0.3, -0.25) is 4.79 Å². The Morgan fingerprint density at radius 3 is 2.79 bits per heavy atom. The number of amides is 1. The third-order valence-corrected chi connectivity index (χ3v) is 4.90. The molecule has 1 aromatic carbocycles. The highest BCUT2D eigenvalue weighted by atomic mass is 19.3. The first kappa shape index (κ1) is 16.8. The van der Waals surface area contributed by atoms with E-state index in [0.29, 0.717) is 18.4 Å². The van der Waals surface area contributed by atoms with Gasteiger partial charge in [-0.2, -0.15) is 0 Å². The third-order valence-electron chi connectivity index (χ3n) is 4.90. The van der Waals surface area contributed by atoms with Crippen LogP contribution >= 0.6 is 0 Å². The predicted molar refractivity (Wildman–Crippen MR) is 81.1 cm³/mol. The van der Waals surface area contributed by atoms with Crippen LogP contribution in [-0.4, -0.2) is 41.7 Å². The monoisotopic (exact) mass is 339 g/mol. The van der Waals surface area contributed by atoms with Crippen molar-refractivity contribution < 1.29 is 28.2 Å². The molecule has 0 radical (unpaired) electrons. The molecule has 1 heterocycles. The molecule has 1 aliphatic heterocycles. The smallest absolute Gasteiger partial charge is 0.335 e. The number of nitrogens with one attached hydrogen (secondary N) is 1. The molecule has 1 aliphatic carbocycles. The van der Waals surface area contributed by atoms with Gasteiger partial charge in [-0.1, -0.05) is 18.2 Å². The maximum absolute atomic E-state index is 13.9. The summed E-state index contributed by atoms with van der Waals surface area (Å²) in [6, 6.07) is 6.43. The van der Waals surface area contributed by atoms with Gasteiger partial charge in [0.25, 0.3) is 5.92 Å². The first-order valence-corrected chi connectivity index (χ1v) is 7.98. The van der Waals surface area contributed by atoms with Crippen LogP contribution in [0.4, 0.5) is 8.78 Å². The van der Waals surface area contributed by atoms with E-state index in [2.05, 4.69) is 5.32 Å². The number of alkyl halides is 2. The number of benzene rings is 1. The summed E-state index contributed by atoms with van der Waals surface area (Å²) in [5.41, 5.74) is -0.852. The lowest BCUT2D eigenvalue weighted by atomic mass is 10.0. The Bertz CT molecular complexity index is 664. The van der Waals surface area contributed by atoms with Crippen LogP contribution in [-0.2, 0) is 16.0 Å². The van der Waals surface area contributed by atoms with Crippen molar-refractivity contribution in [2.24, 2.45) is 5.92 Å². The number of aryl methyl sites for hydroxylation is 1. The molecule has 1 saturated carbocycles. The van der Waals surface area contributed by atoms with E-state index in [1.54, 1.807) is 18.2 Å². The molecule has 7 heteroatoms. The summed E-state index contributed by atoms with van der Waals surface area (Å²) in [4.78, 5) is 23.1. The minimum atomic E-state index is -2.88. The molecule has 1 aromatic rings. The first-order chi connectivity index (χ1) is 11.4. The average Bonchev–Trinajstić information content (AvgIpc) is 3.07. The van der Waals surface area contributed by atoms with E-state index in [4.69, 9.17) is 9.84 Å². The quantitative estimate of drug-likeness (QED) is 0.833.